The number of nitrogens with two attached hydrogens (primary N) is 1. The monoisotopic (exact) mass is 339 g/mol. The lowest BCUT2D eigenvalue weighted by Gasteiger charge is -2.07. The smallest absolute Gasteiger partial charge is 0.221 e. The van der Waals surface area contributed by atoms with Crippen molar-refractivity contribution in [3.05, 3.63) is 69.8 Å². The van der Waals surface area contributed by atoms with Gasteiger partial charge >= 0.3 is 0 Å². The van der Waals surface area contributed by atoms with Crippen LogP contribution >= 0.6 is 11.6 Å². The van der Waals surface area contributed by atoms with Crippen molar-refractivity contribution in [3.8, 4) is 5.75 Å². The molecule has 0 unspecified atom stereocenters. The molecule has 2 aromatic rings. The fourth-order valence-electron chi connectivity index (χ4n) is 3.26. The number of primary amides is 1. The lowest BCUT2D eigenvalue weighted by Crippen LogP contribution is -2.11. The van der Waals surface area contributed by atoms with Crippen LogP contribution in [0, 0.1) is 0 Å². The zero-order valence-electron chi connectivity index (χ0n) is 13.3. The first kappa shape index (κ1) is 16.3. The van der Waals surface area contributed by atoms with Crippen LogP contribution in [0.3, 0.4) is 0 Å². The number of fused-ring (bicyclic) bond motifs is 1. The fourth-order valence-corrected chi connectivity index (χ4v) is 3.46. The number of rotatable bonds is 4. The van der Waals surface area contributed by atoms with E-state index in [2.05, 4.69) is 0 Å². The van der Waals surface area contributed by atoms with Crippen molar-refractivity contribution in [1.82, 2.24) is 0 Å². The Morgan fingerprint density at radius 1 is 1.21 bits per heavy atom. The van der Waals surface area contributed by atoms with E-state index in [0.717, 1.165) is 34.3 Å². The van der Waals surface area contributed by atoms with Gasteiger partial charge in [0.25, 0.3) is 0 Å². The number of carbonyl (C=O) groups is 1. The third-order valence-electron chi connectivity index (χ3n) is 4.19. The highest BCUT2D eigenvalue weighted by Crippen LogP contribution is 2.48. The highest BCUT2D eigenvalue weighted by Gasteiger charge is 2.28. The molecule has 0 atom stereocenters. The van der Waals surface area contributed by atoms with E-state index in [9.17, 15) is 9.90 Å². The van der Waals surface area contributed by atoms with E-state index in [1.54, 1.807) is 12.1 Å². The number of hydrogen-bond acceptors (Lipinski definition) is 2. The summed E-state index contributed by atoms with van der Waals surface area (Å²) in [6, 6.07) is 13.0. The molecule has 1 aliphatic rings. The predicted octanol–water partition coefficient (Wildman–Crippen LogP) is 4.64. The molecule has 0 aromatic heterocycles. The Hall–Kier alpha value is -2.52. The summed E-state index contributed by atoms with van der Waals surface area (Å²) in [6.45, 7) is 2.03. The van der Waals surface area contributed by atoms with Crippen molar-refractivity contribution in [3.63, 3.8) is 0 Å². The minimum absolute atomic E-state index is 0.112. The summed E-state index contributed by atoms with van der Waals surface area (Å²) in [7, 11) is 0. The molecule has 1 amide bonds. The third-order valence-corrected chi connectivity index (χ3v) is 4.42. The SMILES string of the molecule is CCC1=C(CC(N)=O)c2c(O)cccc2C1=Cc1cccc(Cl)c1. The zero-order chi connectivity index (χ0) is 17.3. The molecular formula is C20H18ClNO2. The number of hydrogen-bond donors (Lipinski definition) is 2. The van der Waals surface area contributed by atoms with Crippen molar-refractivity contribution in [2.45, 2.75) is 19.8 Å². The van der Waals surface area contributed by atoms with Gasteiger partial charge in [-0.05, 0) is 58.5 Å². The number of allylic oxidation sites excluding steroid dienone is 2. The standard InChI is InChI=1S/C20H18ClNO2/c1-2-14-16(10-12-5-3-6-13(21)9-12)15-7-4-8-18(23)20(15)17(14)11-19(22)24/h3-10,23H,2,11H2,1H3,(H2,22,24). The van der Waals surface area contributed by atoms with E-state index >= 15 is 0 Å². The molecule has 3 nitrogen and oxygen atoms in total. The van der Waals surface area contributed by atoms with Crippen LogP contribution in [0.2, 0.25) is 5.02 Å². The first-order valence-electron chi connectivity index (χ1n) is 7.82. The Balaban J connectivity index is 2.24. The highest BCUT2D eigenvalue weighted by molar-refractivity contribution is 6.30. The minimum Gasteiger partial charge on any atom is -0.507 e. The number of aromatic hydroxyl groups is 1. The van der Waals surface area contributed by atoms with Crippen LogP contribution in [0.4, 0.5) is 0 Å². The molecule has 2 aromatic carbocycles. The molecule has 3 N–H and O–H groups in total. The number of phenolic OH excluding ortho intramolecular Hbond substituents is 1. The van der Waals surface area contributed by atoms with Gasteiger partial charge in [-0.3, -0.25) is 4.79 Å². The summed E-state index contributed by atoms with van der Waals surface area (Å²) in [4.78, 5) is 11.5. The van der Waals surface area contributed by atoms with Crippen molar-refractivity contribution < 1.29 is 9.90 Å². The van der Waals surface area contributed by atoms with Gasteiger partial charge in [-0.15, -0.1) is 0 Å². The van der Waals surface area contributed by atoms with Crippen molar-refractivity contribution in [1.29, 1.82) is 0 Å². The van der Waals surface area contributed by atoms with Gasteiger partial charge in [0, 0.05) is 10.6 Å². The number of amides is 1. The maximum absolute atomic E-state index is 11.5. The molecule has 4 heteroatoms. The summed E-state index contributed by atoms with van der Waals surface area (Å²) in [5.41, 5.74) is 10.9. The number of halogens is 1. The van der Waals surface area contributed by atoms with Crippen LogP contribution in [0.15, 0.2) is 48.0 Å². The molecule has 0 spiro atoms. The molecule has 0 fully saturated rings. The van der Waals surface area contributed by atoms with Crippen molar-refractivity contribution in [2.24, 2.45) is 5.73 Å². The van der Waals surface area contributed by atoms with E-state index in [1.807, 2.05) is 43.3 Å². The Morgan fingerprint density at radius 3 is 2.62 bits per heavy atom. The van der Waals surface area contributed by atoms with Crippen LogP contribution in [0.25, 0.3) is 17.2 Å². The molecule has 0 saturated carbocycles. The molecule has 1 aliphatic carbocycles. The first-order valence-corrected chi connectivity index (χ1v) is 8.19. The summed E-state index contributed by atoms with van der Waals surface area (Å²) >= 11 is 6.08. The second kappa shape index (κ2) is 6.54. The topological polar surface area (TPSA) is 63.3 Å². The average Bonchev–Trinajstić information content (AvgIpc) is 2.81. The van der Waals surface area contributed by atoms with Gasteiger partial charge in [0.15, 0.2) is 0 Å². The third kappa shape index (κ3) is 2.95. The van der Waals surface area contributed by atoms with Crippen LogP contribution in [0.1, 0.15) is 36.5 Å². The molecular weight excluding hydrogens is 322 g/mol. The van der Waals surface area contributed by atoms with Crippen LogP contribution in [-0.2, 0) is 4.79 Å². The van der Waals surface area contributed by atoms with Crippen molar-refractivity contribution >= 4 is 34.7 Å². The molecule has 24 heavy (non-hydrogen) atoms. The van der Waals surface area contributed by atoms with E-state index in [-0.39, 0.29) is 12.2 Å². The molecule has 122 valence electrons. The summed E-state index contributed by atoms with van der Waals surface area (Å²) in [6.07, 6.45) is 2.89. The van der Waals surface area contributed by atoms with Crippen LogP contribution in [-0.4, -0.2) is 11.0 Å². The van der Waals surface area contributed by atoms with E-state index in [0.29, 0.717) is 10.6 Å². The Morgan fingerprint density at radius 2 is 1.96 bits per heavy atom. The van der Waals surface area contributed by atoms with Crippen LogP contribution in [0.5, 0.6) is 5.75 Å². The van der Waals surface area contributed by atoms with Crippen LogP contribution < -0.4 is 5.73 Å². The van der Waals surface area contributed by atoms with Gasteiger partial charge in [-0.2, -0.15) is 0 Å². The van der Waals surface area contributed by atoms with Gasteiger partial charge in [0.2, 0.25) is 5.91 Å². The maximum atomic E-state index is 11.5. The Kier molecular flexibility index (Phi) is 4.45. The van der Waals surface area contributed by atoms with E-state index < -0.39 is 5.91 Å². The number of phenols is 1. The molecule has 3 rings (SSSR count). The van der Waals surface area contributed by atoms with Crippen molar-refractivity contribution in [2.75, 3.05) is 0 Å². The fraction of sp³-hybridized carbons (Fsp3) is 0.150. The largest absolute Gasteiger partial charge is 0.507 e. The molecule has 0 bridgehead atoms. The number of carbonyl (C=O) groups excluding carboxylic acids is 1. The molecule has 0 heterocycles. The van der Waals surface area contributed by atoms with Gasteiger partial charge < -0.3 is 10.8 Å². The van der Waals surface area contributed by atoms with Gasteiger partial charge in [0.1, 0.15) is 5.75 Å². The lowest BCUT2D eigenvalue weighted by molar-refractivity contribution is -0.117. The Labute approximate surface area is 146 Å². The second-order valence-corrected chi connectivity index (χ2v) is 6.20. The quantitative estimate of drug-likeness (QED) is 0.852. The maximum Gasteiger partial charge on any atom is 0.221 e. The van der Waals surface area contributed by atoms with E-state index in [4.69, 9.17) is 17.3 Å². The summed E-state index contributed by atoms with van der Waals surface area (Å²) in [5, 5.41) is 11.0. The summed E-state index contributed by atoms with van der Waals surface area (Å²) < 4.78 is 0. The molecule has 0 radical (unpaired) electrons. The average molecular weight is 340 g/mol. The second-order valence-electron chi connectivity index (χ2n) is 5.77. The highest BCUT2D eigenvalue weighted by atomic mass is 35.5. The lowest BCUT2D eigenvalue weighted by atomic mass is 9.98. The van der Waals surface area contributed by atoms with Gasteiger partial charge in [-0.25, -0.2) is 0 Å². The normalized spacial score (nSPS) is 15.0. The molecule has 0 saturated heterocycles. The van der Waals surface area contributed by atoms with Gasteiger partial charge in [0.05, 0.1) is 6.42 Å². The Bertz CT molecular complexity index is 881. The zero-order valence-corrected chi connectivity index (χ0v) is 14.1. The van der Waals surface area contributed by atoms with E-state index in [1.165, 1.54) is 0 Å². The molecule has 0 aliphatic heterocycles. The summed E-state index contributed by atoms with van der Waals surface area (Å²) in [5.74, 6) is -0.238. The number of benzene rings is 2. The first-order chi connectivity index (χ1) is 11.5. The minimum atomic E-state index is -0.408. The predicted molar refractivity (Wildman–Crippen MR) is 98.5 cm³/mol. The van der Waals surface area contributed by atoms with Gasteiger partial charge in [-0.1, -0.05) is 42.8 Å².